The molecule has 7 heteroatoms. The molecule has 6 nitrogen and oxygen atoms in total. The summed E-state index contributed by atoms with van der Waals surface area (Å²) in [5, 5.41) is 14.0. The smallest absolute Gasteiger partial charge is 0.241 e. The predicted octanol–water partition coefficient (Wildman–Crippen LogP) is 4.21. The monoisotopic (exact) mass is 421 g/mol. The Labute approximate surface area is 181 Å². The number of para-hydroxylation sites is 1. The van der Waals surface area contributed by atoms with Crippen LogP contribution in [-0.4, -0.2) is 40.7 Å². The van der Waals surface area contributed by atoms with Gasteiger partial charge in [-0.3, -0.25) is 9.69 Å². The molecular formula is C23H24ClN5O. The van der Waals surface area contributed by atoms with Gasteiger partial charge in [0.25, 0.3) is 0 Å². The van der Waals surface area contributed by atoms with Crippen molar-refractivity contribution in [2.45, 2.75) is 19.9 Å². The van der Waals surface area contributed by atoms with Gasteiger partial charge in [-0.05, 0) is 49.9 Å². The van der Waals surface area contributed by atoms with Crippen LogP contribution in [-0.2, 0) is 11.3 Å². The molecule has 0 aliphatic heterocycles. The summed E-state index contributed by atoms with van der Waals surface area (Å²) in [6.07, 6.45) is 4.04. The first-order valence-electron chi connectivity index (χ1n) is 9.69. The number of likely N-dealkylation sites (N-methyl/N-ethyl adjacent to an activating group) is 1. The number of amides is 1. The quantitative estimate of drug-likeness (QED) is 0.546. The summed E-state index contributed by atoms with van der Waals surface area (Å²) < 4.78 is 1.82. The molecule has 30 heavy (non-hydrogen) atoms. The molecule has 0 spiro atoms. The van der Waals surface area contributed by atoms with Crippen molar-refractivity contribution in [3.8, 4) is 11.8 Å². The van der Waals surface area contributed by atoms with E-state index in [4.69, 9.17) is 16.9 Å². The third-order valence-electron chi connectivity index (χ3n) is 4.72. The summed E-state index contributed by atoms with van der Waals surface area (Å²) in [6.45, 7) is 3.05. The number of hydrogen-bond acceptors (Lipinski definition) is 4. The second kappa shape index (κ2) is 10.1. The number of benzene rings is 2. The van der Waals surface area contributed by atoms with E-state index in [2.05, 4.69) is 11.2 Å². The summed E-state index contributed by atoms with van der Waals surface area (Å²) in [6, 6.07) is 17.5. The molecule has 0 saturated heterocycles. The predicted molar refractivity (Wildman–Crippen MR) is 119 cm³/mol. The summed E-state index contributed by atoms with van der Waals surface area (Å²) in [7, 11) is 1.90. The lowest BCUT2D eigenvalue weighted by Crippen LogP contribution is -2.39. The summed E-state index contributed by atoms with van der Waals surface area (Å²) in [5.74, 6) is -0.0649. The number of nitriles is 1. The zero-order chi connectivity index (χ0) is 21.5. The fourth-order valence-electron chi connectivity index (χ4n) is 3.20. The molecule has 0 aliphatic rings. The molecule has 0 N–H and O–H groups in total. The van der Waals surface area contributed by atoms with E-state index in [0.717, 1.165) is 22.5 Å². The Kier molecular flexibility index (Phi) is 7.23. The summed E-state index contributed by atoms with van der Waals surface area (Å²) in [4.78, 5) is 16.6. The molecule has 0 unspecified atom stereocenters. The minimum absolute atomic E-state index is 0.0649. The molecular weight excluding hydrogens is 398 g/mol. The Balaban J connectivity index is 1.67. The highest BCUT2D eigenvalue weighted by molar-refractivity contribution is 6.31. The number of anilines is 1. The van der Waals surface area contributed by atoms with E-state index in [9.17, 15) is 4.79 Å². The highest BCUT2D eigenvalue weighted by Crippen LogP contribution is 2.23. The maximum atomic E-state index is 13.0. The second-order valence-electron chi connectivity index (χ2n) is 7.19. The third kappa shape index (κ3) is 5.47. The Morgan fingerprint density at radius 3 is 2.70 bits per heavy atom. The topological polar surface area (TPSA) is 65.2 Å². The lowest BCUT2D eigenvalue weighted by molar-refractivity contribution is -0.119. The average molecular weight is 422 g/mol. The van der Waals surface area contributed by atoms with E-state index in [1.54, 1.807) is 11.0 Å². The summed E-state index contributed by atoms with van der Waals surface area (Å²) in [5.41, 5.74) is 3.65. The molecule has 154 valence electrons. The van der Waals surface area contributed by atoms with E-state index in [0.29, 0.717) is 18.1 Å². The largest absolute Gasteiger partial charge is 0.310 e. The molecule has 0 fully saturated rings. The van der Waals surface area contributed by atoms with Crippen LogP contribution in [0, 0.1) is 18.3 Å². The van der Waals surface area contributed by atoms with Crippen molar-refractivity contribution in [1.82, 2.24) is 14.7 Å². The molecule has 1 heterocycles. The van der Waals surface area contributed by atoms with Crippen LogP contribution < -0.4 is 4.90 Å². The Morgan fingerprint density at radius 1 is 1.23 bits per heavy atom. The van der Waals surface area contributed by atoms with Gasteiger partial charge in [0, 0.05) is 35.6 Å². The zero-order valence-corrected chi connectivity index (χ0v) is 17.9. The molecule has 1 aromatic heterocycles. The number of hydrogen-bond donors (Lipinski definition) is 0. The van der Waals surface area contributed by atoms with Gasteiger partial charge in [0.1, 0.15) is 0 Å². The van der Waals surface area contributed by atoms with Crippen molar-refractivity contribution < 1.29 is 4.79 Å². The molecule has 3 rings (SSSR count). The maximum absolute atomic E-state index is 13.0. The number of aromatic nitrogens is 2. The Bertz CT molecular complexity index is 1040. The number of halogens is 1. The minimum atomic E-state index is -0.0649. The van der Waals surface area contributed by atoms with Crippen LogP contribution in [0.2, 0.25) is 5.02 Å². The van der Waals surface area contributed by atoms with Gasteiger partial charge in [-0.1, -0.05) is 29.8 Å². The highest BCUT2D eigenvalue weighted by atomic mass is 35.5. The lowest BCUT2D eigenvalue weighted by atomic mass is 10.2. The maximum Gasteiger partial charge on any atom is 0.241 e. The van der Waals surface area contributed by atoms with Crippen molar-refractivity contribution >= 4 is 23.2 Å². The van der Waals surface area contributed by atoms with Gasteiger partial charge in [-0.15, -0.1) is 0 Å². The fourth-order valence-corrected chi connectivity index (χ4v) is 3.32. The first-order valence-corrected chi connectivity index (χ1v) is 10.1. The van der Waals surface area contributed by atoms with E-state index in [1.807, 2.05) is 78.4 Å². The van der Waals surface area contributed by atoms with Crippen molar-refractivity contribution in [3.63, 3.8) is 0 Å². The van der Waals surface area contributed by atoms with Crippen molar-refractivity contribution in [3.05, 3.63) is 77.1 Å². The van der Waals surface area contributed by atoms with Crippen LogP contribution in [0.1, 0.15) is 17.5 Å². The zero-order valence-electron chi connectivity index (χ0n) is 17.1. The minimum Gasteiger partial charge on any atom is -0.310 e. The summed E-state index contributed by atoms with van der Waals surface area (Å²) >= 11 is 6.12. The van der Waals surface area contributed by atoms with Crippen molar-refractivity contribution in [2.75, 3.05) is 25.0 Å². The van der Waals surface area contributed by atoms with Gasteiger partial charge in [0.2, 0.25) is 5.91 Å². The van der Waals surface area contributed by atoms with Crippen LogP contribution in [0.25, 0.3) is 5.69 Å². The molecule has 0 aliphatic carbocycles. The number of carbonyl (C=O) groups is 1. The molecule has 0 atom stereocenters. The van der Waals surface area contributed by atoms with E-state index in [-0.39, 0.29) is 18.9 Å². The van der Waals surface area contributed by atoms with E-state index < -0.39 is 0 Å². The van der Waals surface area contributed by atoms with Gasteiger partial charge in [0.15, 0.2) is 0 Å². The SMILES string of the molecule is Cc1cc(N(CCC#N)C(=O)CN(C)Cc2cnn(-c3ccccc3)c2)ccc1Cl. The number of rotatable bonds is 8. The molecule has 1 amide bonds. The number of nitrogens with zero attached hydrogens (tertiary/aromatic N) is 5. The van der Waals surface area contributed by atoms with Crippen molar-refractivity contribution in [2.24, 2.45) is 0 Å². The average Bonchev–Trinajstić information content (AvgIpc) is 3.19. The van der Waals surface area contributed by atoms with Crippen LogP contribution >= 0.6 is 11.6 Å². The van der Waals surface area contributed by atoms with Crippen LogP contribution in [0.5, 0.6) is 0 Å². The van der Waals surface area contributed by atoms with Gasteiger partial charge >= 0.3 is 0 Å². The fraction of sp³-hybridized carbons (Fsp3) is 0.261. The van der Waals surface area contributed by atoms with Gasteiger partial charge in [0.05, 0.1) is 30.9 Å². The molecule has 0 radical (unpaired) electrons. The van der Waals surface area contributed by atoms with Crippen LogP contribution in [0.4, 0.5) is 5.69 Å². The Morgan fingerprint density at radius 2 is 2.00 bits per heavy atom. The number of carbonyl (C=O) groups excluding carboxylic acids is 1. The highest BCUT2D eigenvalue weighted by Gasteiger charge is 2.18. The standard InChI is InChI=1S/C23H24ClN5O/c1-18-13-21(9-10-22(18)24)28(12-6-11-25)23(30)17-27(2)15-19-14-26-29(16-19)20-7-4-3-5-8-20/h3-5,7-10,13-14,16H,6,12,15,17H2,1-2H3. The van der Waals surface area contributed by atoms with E-state index in [1.165, 1.54) is 0 Å². The van der Waals surface area contributed by atoms with Gasteiger partial charge < -0.3 is 4.90 Å². The first kappa shape index (κ1) is 21.6. The van der Waals surface area contributed by atoms with Gasteiger partial charge in [-0.2, -0.15) is 10.4 Å². The lowest BCUT2D eigenvalue weighted by Gasteiger charge is -2.25. The first-order chi connectivity index (χ1) is 14.5. The number of aryl methyl sites for hydroxylation is 1. The van der Waals surface area contributed by atoms with E-state index >= 15 is 0 Å². The van der Waals surface area contributed by atoms with Crippen LogP contribution in [0.15, 0.2) is 60.9 Å². The van der Waals surface area contributed by atoms with Crippen molar-refractivity contribution in [1.29, 1.82) is 5.26 Å². The second-order valence-corrected chi connectivity index (χ2v) is 7.60. The molecule has 0 saturated carbocycles. The molecule has 0 bridgehead atoms. The Hall–Kier alpha value is -3.14. The van der Waals surface area contributed by atoms with Crippen LogP contribution in [0.3, 0.4) is 0 Å². The molecule has 3 aromatic rings. The third-order valence-corrected chi connectivity index (χ3v) is 5.14. The normalized spacial score (nSPS) is 10.8. The molecule has 2 aromatic carbocycles. The van der Waals surface area contributed by atoms with Gasteiger partial charge in [-0.25, -0.2) is 4.68 Å².